The maximum atomic E-state index is 12.7. The van der Waals surface area contributed by atoms with Crippen molar-refractivity contribution in [2.75, 3.05) is 5.32 Å². The predicted octanol–water partition coefficient (Wildman–Crippen LogP) is 1.83. The molecule has 2 aromatic carbocycles. The number of anilines is 1. The highest BCUT2D eigenvalue weighted by Gasteiger charge is 2.21. The zero-order valence-electron chi connectivity index (χ0n) is 16.5. The summed E-state index contributed by atoms with van der Waals surface area (Å²) in [6, 6.07) is 13.0. The van der Waals surface area contributed by atoms with Crippen LogP contribution in [-0.4, -0.2) is 35.3 Å². The van der Waals surface area contributed by atoms with E-state index >= 15 is 0 Å². The molecule has 13 heteroatoms. The molecule has 11 nitrogen and oxygen atoms in total. The fraction of sp³-hybridized carbons (Fsp3) is 0.105. The summed E-state index contributed by atoms with van der Waals surface area (Å²) in [5, 5.41) is 15.0. The van der Waals surface area contributed by atoms with Gasteiger partial charge in [-0.15, -0.1) is 21.5 Å². The van der Waals surface area contributed by atoms with E-state index < -0.39 is 16.0 Å². The Kier molecular flexibility index (Phi) is 5.80. The van der Waals surface area contributed by atoms with Gasteiger partial charge in [-0.2, -0.15) is 13.1 Å². The summed E-state index contributed by atoms with van der Waals surface area (Å²) in [4.78, 5) is 28.1. The molecule has 0 bridgehead atoms. The number of amides is 1. The van der Waals surface area contributed by atoms with Crippen LogP contribution in [0.15, 0.2) is 46.9 Å². The van der Waals surface area contributed by atoms with Crippen molar-refractivity contribution < 1.29 is 22.4 Å². The van der Waals surface area contributed by atoms with Gasteiger partial charge in [0.25, 0.3) is 21.9 Å². The van der Waals surface area contributed by atoms with Gasteiger partial charge in [-0.1, -0.05) is 18.2 Å². The third-order valence-corrected chi connectivity index (χ3v) is 5.77. The Morgan fingerprint density at radius 3 is 2.50 bits per heavy atom. The van der Waals surface area contributed by atoms with Crippen molar-refractivity contribution in [2.24, 2.45) is 5.14 Å². The molecule has 4 rings (SSSR count). The average Bonchev–Trinajstić information content (AvgIpc) is 3.38. The van der Waals surface area contributed by atoms with E-state index in [9.17, 15) is 18.0 Å². The van der Waals surface area contributed by atoms with E-state index in [2.05, 4.69) is 20.5 Å². The molecule has 2 aromatic heterocycles. The molecule has 0 spiro atoms. The van der Waals surface area contributed by atoms with Gasteiger partial charge in [0.15, 0.2) is 5.01 Å². The first-order valence-corrected chi connectivity index (χ1v) is 11.5. The van der Waals surface area contributed by atoms with Crippen molar-refractivity contribution in [3.8, 4) is 11.1 Å². The first-order chi connectivity index (χ1) is 15.2. The summed E-state index contributed by atoms with van der Waals surface area (Å²) in [5.41, 5.74) is 3.19. The fourth-order valence-electron chi connectivity index (χ4n) is 2.82. The number of nitrogens with one attached hydrogen (secondary N) is 2. The van der Waals surface area contributed by atoms with Crippen molar-refractivity contribution in [2.45, 2.75) is 13.5 Å². The SMILES string of the molecule is CC(=O)Nc1ccc(-c2ccc3nc(C(=O)c4nnc(CNS(N)(=O)=O)o4)sc3c2)cc1. The van der Waals surface area contributed by atoms with Crippen LogP contribution in [0.1, 0.15) is 28.5 Å². The molecule has 0 radical (unpaired) electrons. The molecule has 0 saturated carbocycles. The van der Waals surface area contributed by atoms with Crippen LogP contribution >= 0.6 is 11.3 Å². The summed E-state index contributed by atoms with van der Waals surface area (Å²) < 4.78 is 29.9. The minimum Gasteiger partial charge on any atom is -0.417 e. The number of carbonyl (C=O) groups is 2. The van der Waals surface area contributed by atoms with Crippen LogP contribution in [0, 0.1) is 0 Å². The number of benzene rings is 2. The molecule has 4 aromatic rings. The van der Waals surface area contributed by atoms with E-state index in [1.807, 2.05) is 29.0 Å². The van der Waals surface area contributed by atoms with Gasteiger partial charge in [0.05, 0.1) is 16.8 Å². The first-order valence-electron chi connectivity index (χ1n) is 9.11. The Morgan fingerprint density at radius 1 is 1.09 bits per heavy atom. The fourth-order valence-corrected chi connectivity index (χ4v) is 4.08. The Morgan fingerprint density at radius 2 is 1.81 bits per heavy atom. The van der Waals surface area contributed by atoms with Gasteiger partial charge >= 0.3 is 0 Å². The van der Waals surface area contributed by atoms with E-state index in [-0.39, 0.29) is 29.2 Å². The molecule has 164 valence electrons. The smallest absolute Gasteiger partial charge is 0.291 e. The van der Waals surface area contributed by atoms with Crippen LogP contribution in [0.5, 0.6) is 0 Å². The largest absolute Gasteiger partial charge is 0.417 e. The van der Waals surface area contributed by atoms with Crippen molar-refractivity contribution in [1.29, 1.82) is 0 Å². The molecular weight excluding hydrogens is 456 g/mol. The average molecular weight is 473 g/mol. The lowest BCUT2D eigenvalue weighted by Crippen LogP contribution is -2.30. The van der Waals surface area contributed by atoms with Crippen LogP contribution < -0.4 is 15.2 Å². The quantitative estimate of drug-likeness (QED) is 0.342. The number of nitrogens with zero attached hydrogens (tertiary/aromatic N) is 3. The zero-order chi connectivity index (χ0) is 22.9. The van der Waals surface area contributed by atoms with Gasteiger partial charge in [0.2, 0.25) is 11.8 Å². The summed E-state index contributed by atoms with van der Waals surface area (Å²) in [6.45, 7) is 1.12. The molecule has 0 aliphatic heterocycles. The third-order valence-electron chi connectivity index (χ3n) is 4.21. The van der Waals surface area contributed by atoms with Gasteiger partial charge < -0.3 is 9.73 Å². The molecule has 0 fully saturated rings. The maximum absolute atomic E-state index is 12.7. The van der Waals surface area contributed by atoms with E-state index in [4.69, 9.17) is 9.56 Å². The molecule has 4 N–H and O–H groups in total. The van der Waals surface area contributed by atoms with E-state index in [0.717, 1.165) is 15.8 Å². The van der Waals surface area contributed by atoms with Gasteiger partial charge in [-0.25, -0.2) is 10.1 Å². The summed E-state index contributed by atoms with van der Waals surface area (Å²) in [7, 11) is -3.93. The van der Waals surface area contributed by atoms with Crippen LogP contribution in [0.4, 0.5) is 5.69 Å². The monoisotopic (exact) mass is 472 g/mol. The minimum absolute atomic E-state index is 0.103. The van der Waals surface area contributed by atoms with Gasteiger partial charge in [0.1, 0.15) is 0 Å². The number of hydrogen-bond acceptors (Lipinski definition) is 9. The molecular formula is C19H16N6O5S2. The highest BCUT2D eigenvalue weighted by atomic mass is 32.2. The highest BCUT2D eigenvalue weighted by Crippen LogP contribution is 2.30. The summed E-state index contributed by atoms with van der Waals surface area (Å²) in [5.74, 6) is -1.12. The van der Waals surface area contributed by atoms with Crippen LogP contribution in [0.3, 0.4) is 0 Å². The second-order valence-corrected chi connectivity index (χ2v) is 9.07. The summed E-state index contributed by atoms with van der Waals surface area (Å²) in [6.07, 6.45) is 0. The Labute approximate surface area is 185 Å². The molecule has 0 unspecified atom stereocenters. The number of ketones is 1. The van der Waals surface area contributed by atoms with Gasteiger partial charge in [-0.3, -0.25) is 9.59 Å². The lowest BCUT2D eigenvalue weighted by atomic mass is 10.1. The number of carbonyl (C=O) groups excluding carboxylic acids is 2. The number of nitrogens with two attached hydrogens (primary N) is 1. The van der Waals surface area contributed by atoms with E-state index in [1.54, 1.807) is 18.2 Å². The lowest BCUT2D eigenvalue weighted by molar-refractivity contribution is -0.114. The molecule has 2 heterocycles. The molecule has 0 aliphatic rings. The van der Waals surface area contributed by atoms with Crippen molar-refractivity contribution in [3.63, 3.8) is 0 Å². The van der Waals surface area contributed by atoms with E-state index in [1.165, 1.54) is 18.3 Å². The van der Waals surface area contributed by atoms with Gasteiger partial charge in [0, 0.05) is 12.6 Å². The molecule has 0 atom stereocenters. The van der Waals surface area contributed by atoms with Crippen molar-refractivity contribution >= 4 is 49.1 Å². The second kappa shape index (κ2) is 8.55. The van der Waals surface area contributed by atoms with Crippen LogP contribution in [0.2, 0.25) is 0 Å². The van der Waals surface area contributed by atoms with Crippen LogP contribution in [0.25, 0.3) is 21.3 Å². The predicted molar refractivity (Wildman–Crippen MR) is 117 cm³/mol. The van der Waals surface area contributed by atoms with Crippen molar-refractivity contribution in [3.05, 3.63) is 59.3 Å². The number of rotatable bonds is 7. The topological polar surface area (TPSA) is 170 Å². The third kappa shape index (κ3) is 5.03. The molecule has 0 aliphatic carbocycles. The second-order valence-electron chi connectivity index (χ2n) is 6.66. The lowest BCUT2D eigenvalue weighted by Gasteiger charge is -2.05. The Hall–Kier alpha value is -3.52. The van der Waals surface area contributed by atoms with Crippen molar-refractivity contribution in [1.82, 2.24) is 19.9 Å². The first kappa shape index (κ1) is 21.7. The number of aromatic nitrogens is 3. The van der Waals surface area contributed by atoms with Crippen LogP contribution in [-0.2, 0) is 21.5 Å². The maximum Gasteiger partial charge on any atom is 0.291 e. The standard InChI is InChI=1S/C19H16N6O5S2/c1-10(26)22-13-5-2-11(3-6-13)12-4-7-14-15(8-12)31-19(23-14)17(27)18-25-24-16(30-18)9-21-32(20,28)29/h2-8,21H,9H2,1H3,(H,22,26)(H2,20,28,29). The number of fused-ring (bicyclic) bond motifs is 1. The minimum atomic E-state index is -3.93. The van der Waals surface area contributed by atoms with E-state index in [0.29, 0.717) is 11.2 Å². The summed E-state index contributed by atoms with van der Waals surface area (Å²) >= 11 is 1.17. The number of hydrogen-bond donors (Lipinski definition) is 3. The molecule has 32 heavy (non-hydrogen) atoms. The molecule has 1 amide bonds. The Balaban J connectivity index is 1.54. The highest BCUT2D eigenvalue weighted by molar-refractivity contribution is 7.87. The number of thiazole rings is 1. The van der Waals surface area contributed by atoms with Gasteiger partial charge in [-0.05, 0) is 35.4 Å². The molecule has 0 saturated heterocycles. The zero-order valence-corrected chi connectivity index (χ0v) is 18.2. The Bertz CT molecular complexity index is 1430. The normalized spacial score (nSPS) is 11.6.